The van der Waals surface area contributed by atoms with Gasteiger partial charge in [-0.1, -0.05) is 16.9 Å². The summed E-state index contributed by atoms with van der Waals surface area (Å²) < 4.78 is 0. The Labute approximate surface area is 196 Å². The number of nitrogens with two attached hydrogens (primary N) is 2. The molecule has 0 aliphatic carbocycles. The molecule has 1 saturated heterocycles. The smallest absolute Gasteiger partial charge is 0.353 e. The average Bonchev–Trinajstić information content (AvgIpc) is 3.11. The number of oxime groups is 1. The van der Waals surface area contributed by atoms with Gasteiger partial charge in [0.25, 0.3) is 11.8 Å². The lowest BCUT2D eigenvalue weighted by Crippen LogP contribution is -2.72. The molecule has 4 heterocycles. The van der Waals surface area contributed by atoms with Crippen molar-refractivity contribution in [2.24, 2.45) is 10.9 Å². The van der Waals surface area contributed by atoms with Gasteiger partial charge in [0.15, 0.2) is 10.8 Å². The molecule has 3 aliphatic heterocycles. The van der Waals surface area contributed by atoms with Gasteiger partial charge in [0.2, 0.25) is 0 Å². The first kappa shape index (κ1) is 22.8. The lowest BCUT2D eigenvalue weighted by atomic mass is 9.86. The standard InChI is InChI=1S/C19H21N7O5S2/c1-7-12(24-19(21)32-7)14(25-31)16(27)23-13-9-3-4-10(15(18(29)30)26(9)17(13)28)33-8-2-5-11(20)22-6-8/h2,5-6,9,11,13,22,31H,3-4,20H2,1H3,(H2,21,24)(H,23,27)(H,29,30)/b25-14-/t9-,11?,13?/m1/s1. The molecule has 2 amide bonds. The van der Waals surface area contributed by atoms with Gasteiger partial charge in [0, 0.05) is 20.9 Å². The summed E-state index contributed by atoms with van der Waals surface area (Å²) in [5.41, 5.74) is 11.0. The maximum atomic E-state index is 12.9. The van der Waals surface area contributed by atoms with E-state index in [4.69, 9.17) is 11.5 Å². The maximum Gasteiger partial charge on any atom is 0.353 e. The predicted octanol–water partition coefficient (Wildman–Crippen LogP) is 0.0164. The van der Waals surface area contributed by atoms with Crippen LogP contribution in [0.15, 0.2) is 39.0 Å². The third kappa shape index (κ3) is 4.19. The van der Waals surface area contributed by atoms with E-state index in [9.17, 15) is 24.7 Å². The Morgan fingerprint density at radius 1 is 1.45 bits per heavy atom. The van der Waals surface area contributed by atoms with Gasteiger partial charge in [-0.2, -0.15) is 0 Å². The number of aliphatic carboxylic acids is 1. The molecule has 14 heteroatoms. The van der Waals surface area contributed by atoms with E-state index in [1.54, 1.807) is 25.3 Å². The van der Waals surface area contributed by atoms with Gasteiger partial charge in [0.1, 0.15) is 17.4 Å². The number of hydrogen-bond donors (Lipinski definition) is 6. The number of dihydropyridines is 1. The highest BCUT2D eigenvalue weighted by Gasteiger charge is 2.54. The van der Waals surface area contributed by atoms with Crippen molar-refractivity contribution in [3.8, 4) is 0 Å². The molecule has 4 rings (SSSR count). The van der Waals surface area contributed by atoms with Crippen molar-refractivity contribution in [1.29, 1.82) is 0 Å². The summed E-state index contributed by atoms with van der Waals surface area (Å²) in [5, 5.41) is 27.9. The number of nitrogens with zero attached hydrogens (tertiary/aromatic N) is 3. The van der Waals surface area contributed by atoms with Crippen molar-refractivity contribution in [1.82, 2.24) is 20.5 Å². The van der Waals surface area contributed by atoms with Crippen molar-refractivity contribution >= 4 is 51.7 Å². The summed E-state index contributed by atoms with van der Waals surface area (Å²) in [4.78, 5) is 44.7. The van der Waals surface area contributed by atoms with Gasteiger partial charge in [-0.15, -0.1) is 11.3 Å². The number of carboxylic acid groups (broad SMARTS) is 1. The van der Waals surface area contributed by atoms with E-state index in [-0.39, 0.29) is 28.4 Å². The van der Waals surface area contributed by atoms with E-state index in [1.807, 2.05) is 0 Å². The number of amides is 2. The Bertz CT molecular complexity index is 1160. The number of anilines is 1. The summed E-state index contributed by atoms with van der Waals surface area (Å²) >= 11 is 2.38. The molecule has 174 valence electrons. The van der Waals surface area contributed by atoms with Crippen molar-refractivity contribution in [3.63, 3.8) is 0 Å². The zero-order chi connectivity index (χ0) is 23.9. The van der Waals surface area contributed by atoms with Crippen LogP contribution in [-0.2, 0) is 14.4 Å². The monoisotopic (exact) mass is 491 g/mol. The molecule has 33 heavy (non-hydrogen) atoms. The molecule has 2 unspecified atom stereocenters. The van der Waals surface area contributed by atoms with Crippen LogP contribution < -0.4 is 22.1 Å². The number of aromatic nitrogens is 1. The largest absolute Gasteiger partial charge is 0.477 e. The quantitative estimate of drug-likeness (QED) is 0.136. The average molecular weight is 492 g/mol. The normalized spacial score (nSPS) is 24.6. The van der Waals surface area contributed by atoms with Crippen LogP contribution in [0.5, 0.6) is 0 Å². The van der Waals surface area contributed by atoms with Gasteiger partial charge in [-0.3, -0.25) is 14.5 Å². The number of carbonyl (C=O) groups is 3. The van der Waals surface area contributed by atoms with E-state index >= 15 is 0 Å². The Balaban J connectivity index is 1.51. The molecular weight excluding hydrogens is 470 g/mol. The molecule has 0 saturated carbocycles. The lowest BCUT2D eigenvalue weighted by molar-refractivity contribution is -0.155. The first-order valence-corrected chi connectivity index (χ1v) is 11.5. The fourth-order valence-electron chi connectivity index (χ4n) is 3.86. The SMILES string of the molecule is Cc1sc(N)nc1/C(=N/O)C(=O)NC1C(=O)N2C(C(=O)O)=C(SC3=CNC(N)C=C3)CC[C@H]12. The number of carboxylic acids is 1. The Kier molecular flexibility index (Phi) is 6.14. The lowest BCUT2D eigenvalue weighted by Gasteiger charge is -2.50. The second-order valence-electron chi connectivity index (χ2n) is 7.45. The van der Waals surface area contributed by atoms with Gasteiger partial charge < -0.3 is 32.4 Å². The third-order valence-corrected chi connectivity index (χ3v) is 7.29. The molecule has 3 aliphatic rings. The van der Waals surface area contributed by atoms with Crippen LogP contribution in [0.1, 0.15) is 23.4 Å². The molecule has 12 nitrogen and oxygen atoms in total. The summed E-state index contributed by atoms with van der Waals surface area (Å²) in [5.74, 6) is -2.58. The fourth-order valence-corrected chi connectivity index (χ4v) is 5.61. The highest BCUT2D eigenvalue weighted by molar-refractivity contribution is 8.07. The molecule has 1 aromatic rings. The van der Waals surface area contributed by atoms with Crippen molar-refractivity contribution in [2.75, 3.05) is 5.73 Å². The zero-order valence-corrected chi connectivity index (χ0v) is 18.9. The molecule has 8 N–H and O–H groups in total. The van der Waals surface area contributed by atoms with Crippen LogP contribution in [0.25, 0.3) is 0 Å². The van der Waals surface area contributed by atoms with Crippen molar-refractivity contribution < 1.29 is 24.7 Å². The summed E-state index contributed by atoms with van der Waals surface area (Å²) in [6, 6.07) is -1.47. The molecular formula is C19H21N7O5S2. The number of allylic oxidation sites excluding steroid dienone is 2. The van der Waals surface area contributed by atoms with Crippen LogP contribution in [0.2, 0.25) is 0 Å². The number of fused-ring (bicyclic) bond motifs is 1. The van der Waals surface area contributed by atoms with Gasteiger partial charge in [0.05, 0.1) is 12.2 Å². The molecule has 1 aromatic heterocycles. The van der Waals surface area contributed by atoms with Crippen molar-refractivity contribution in [3.05, 3.63) is 44.4 Å². The summed E-state index contributed by atoms with van der Waals surface area (Å²) in [7, 11) is 0. The number of hydrogen-bond acceptors (Lipinski definition) is 11. The number of nitrogen functional groups attached to an aromatic ring is 1. The van der Waals surface area contributed by atoms with Crippen molar-refractivity contribution in [2.45, 2.75) is 38.0 Å². The number of rotatable bonds is 6. The first-order chi connectivity index (χ1) is 15.7. The van der Waals surface area contributed by atoms with E-state index in [0.717, 1.165) is 16.2 Å². The number of thiazole rings is 1. The minimum Gasteiger partial charge on any atom is -0.477 e. The number of β-lactam (4-membered cyclic amide) rings is 1. The third-order valence-electron chi connectivity index (χ3n) is 5.36. The Hall–Kier alpha value is -3.36. The van der Waals surface area contributed by atoms with Crippen LogP contribution in [-0.4, -0.2) is 61.9 Å². The highest BCUT2D eigenvalue weighted by atomic mass is 32.2. The summed E-state index contributed by atoms with van der Waals surface area (Å²) in [6.07, 6.45) is 5.77. The molecule has 0 bridgehead atoms. The fraction of sp³-hybridized carbons (Fsp3) is 0.316. The zero-order valence-electron chi connectivity index (χ0n) is 17.3. The number of nitrogens with one attached hydrogen (secondary N) is 2. The number of carbonyl (C=O) groups excluding carboxylic acids is 2. The maximum absolute atomic E-state index is 12.9. The number of aryl methyl sites for hydroxylation is 1. The van der Waals surface area contributed by atoms with Gasteiger partial charge in [-0.05, 0) is 31.9 Å². The van der Waals surface area contributed by atoms with E-state index < -0.39 is 29.9 Å². The topological polar surface area (TPSA) is 196 Å². The first-order valence-electron chi connectivity index (χ1n) is 9.84. The Morgan fingerprint density at radius 3 is 2.79 bits per heavy atom. The molecule has 1 fully saturated rings. The molecule has 0 aromatic carbocycles. The Morgan fingerprint density at radius 2 is 2.21 bits per heavy atom. The van der Waals surface area contributed by atoms with E-state index in [0.29, 0.717) is 22.6 Å². The van der Waals surface area contributed by atoms with E-state index in [1.165, 1.54) is 16.7 Å². The van der Waals surface area contributed by atoms with Crippen LogP contribution >= 0.6 is 23.1 Å². The highest BCUT2D eigenvalue weighted by Crippen LogP contribution is 2.43. The predicted molar refractivity (Wildman–Crippen MR) is 122 cm³/mol. The summed E-state index contributed by atoms with van der Waals surface area (Å²) in [6.45, 7) is 1.67. The second-order valence-corrected chi connectivity index (χ2v) is 9.85. The van der Waals surface area contributed by atoms with Gasteiger partial charge in [-0.25, -0.2) is 9.78 Å². The second kappa shape index (κ2) is 8.88. The molecule has 3 atom stereocenters. The number of thioether (sulfide) groups is 1. The van der Waals surface area contributed by atoms with Crippen LogP contribution in [0.4, 0.5) is 5.13 Å². The minimum atomic E-state index is -1.23. The molecule has 0 radical (unpaired) electrons. The van der Waals surface area contributed by atoms with E-state index in [2.05, 4.69) is 20.8 Å². The van der Waals surface area contributed by atoms with Gasteiger partial charge >= 0.3 is 5.97 Å². The molecule has 0 spiro atoms. The minimum absolute atomic E-state index is 0.102. The van der Waals surface area contributed by atoms with Crippen LogP contribution in [0.3, 0.4) is 0 Å². The van der Waals surface area contributed by atoms with Crippen LogP contribution in [0, 0.1) is 6.92 Å².